The van der Waals surface area contributed by atoms with Crippen LogP contribution in [0.3, 0.4) is 0 Å². The summed E-state index contributed by atoms with van der Waals surface area (Å²) in [5.41, 5.74) is 1.80. The maximum Gasteiger partial charge on any atom is 0.355 e. The normalized spacial score (nSPS) is 18.5. The number of amides is 1. The van der Waals surface area contributed by atoms with Crippen LogP contribution >= 0.6 is 0 Å². The fraction of sp³-hybridized carbons (Fsp3) is 0.222. The zero-order valence-electron chi connectivity index (χ0n) is 13.6. The van der Waals surface area contributed by atoms with E-state index in [2.05, 4.69) is 0 Å². The lowest BCUT2D eigenvalue weighted by atomic mass is 9.99. The number of nitro benzene ring substituents is 1. The minimum absolute atomic E-state index is 0.0407. The molecule has 0 radical (unpaired) electrons. The van der Waals surface area contributed by atoms with Gasteiger partial charge in [0.25, 0.3) is 5.69 Å². The Balaban J connectivity index is 1.59. The number of β-lactam (4-membered cyclic amide) rings is 1. The summed E-state index contributed by atoms with van der Waals surface area (Å²) in [5, 5.41) is 11.1. The first-order valence-electron chi connectivity index (χ1n) is 8.03. The molecule has 26 heavy (non-hydrogen) atoms. The van der Waals surface area contributed by atoms with Gasteiger partial charge < -0.3 is 14.1 Å². The highest BCUT2D eigenvalue weighted by Gasteiger charge is 2.48. The Bertz CT molecular complexity index is 931. The van der Waals surface area contributed by atoms with E-state index in [9.17, 15) is 19.7 Å². The smallest absolute Gasteiger partial charge is 0.355 e. The van der Waals surface area contributed by atoms with Crippen molar-refractivity contribution >= 4 is 23.1 Å². The Hall–Kier alpha value is -3.42. The second-order valence-electron chi connectivity index (χ2n) is 6.13. The lowest BCUT2D eigenvalue weighted by molar-refractivity contribution is -0.385. The highest BCUT2D eigenvalue weighted by atomic mass is 16.6. The largest absolute Gasteiger partial charge is 0.472 e. The minimum Gasteiger partial charge on any atom is -0.472 e. The first-order chi connectivity index (χ1) is 12.6. The molecule has 1 amide bonds. The first-order valence-corrected chi connectivity index (χ1v) is 8.03. The van der Waals surface area contributed by atoms with Gasteiger partial charge in [-0.2, -0.15) is 0 Å². The molecule has 8 nitrogen and oxygen atoms in total. The van der Waals surface area contributed by atoms with Crippen molar-refractivity contribution < 1.29 is 23.7 Å². The number of para-hydroxylation sites is 1. The lowest BCUT2D eigenvalue weighted by Gasteiger charge is -2.35. The first kappa shape index (κ1) is 16.1. The van der Waals surface area contributed by atoms with Crippen LogP contribution in [0, 0.1) is 10.1 Å². The van der Waals surface area contributed by atoms with E-state index >= 15 is 0 Å². The summed E-state index contributed by atoms with van der Waals surface area (Å²) in [6.45, 7) is -0.245. The predicted molar refractivity (Wildman–Crippen MR) is 88.4 cm³/mol. The van der Waals surface area contributed by atoms with Crippen LogP contribution in [0.2, 0.25) is 0 Å². The van der Waals surface area contributed by atoms with Gasteiger partial charge in [0.1, 0.15) is 12.3 Å². The topological polar surface area (TPSA) is 103 Å². The molecule has 1 saturated heterocycles. The van der Waals surface area contributed by atoms with E-state index in [0.29, 0.717) is 24.0 Å². The third-order valence-corrected chi connectivity index (χ3v) is 4.62. The average molecular weight is 354 g/mol. The van der Waals surface area contributed by atoms with E-state index in [-0.39, 0.29) is 29.9 Å². The molecule has 1 atom stereocenters. The van der Waals surface area contributed by atoms with E-state index in [1.165, 1.54) is 29.6 Å². The Morgan fingerprint density at radius 2 is 2.12 bits per heavy atom. The molecule has 132 valence electrons. The van der Waals surface area contributed by atoms with Crippen LogP contribution in [0.1, 0.15) is 24.0 Å². The van der Waals surface area contributed by atoms with Crippen molar-refractivity contribution in [3.63, 3.8) is 0 Å². The summed E-state index contributed by atoms with van der Waals surface area (Å²) in [5.74, 6) is -0.805. The van der Waals surface area contributed by atoms with Gasteiger partial charge in [-0.05, 0) is 24.1 Å². The van der Waals surface area contributed by atoms with Gasteiger partial charge in [0.15, 0.2) is 0 Å². The van der Waals surface area contributed by atoms with Gasteiger partial charge in [-0.3, -0.25) is 14.9 Å². The highest BCUT2D eigenvalue weighted by Crippen LogP contribution is 2.43. The molecule has 2 aromatic rings. The molecule has 0 aliphatic carbocycles. The number of nitro groups is 1. The minimum atomic E-state index is -0.671. The number of hydrogen-bond acceptors (Lipinski definition) is 6. The Kier molecular flexibility index (Phi) is 3.80. The van der Waals surface area contributed by atoms with Crippen molar-refractivity contribution in [1.82, 2.24) is 4.90 Å². The third kappa shape index (κ3) is 2.55. The van der Waals surface area contributed by atoms with E-state index in [0.717, 1.165) is 5.56 Å². The maximum atomic E-state index is 12.7. The van der Waals surface area contributed by atoms with Crippen LogP contribution in [-0.2, 0) is 20.9 Å². The maximum absolute atomic E-state index is 12.7. The molecule has 0 N–H and O–H groups in total. The summed E-state index contributed by atoms with van der Waals surface area (Å²) >= 11 is 0. The molecular formula is C18H14N2O6. The number of esters is 1. The van der Waals surface area contributed by atoms with Crippen molar-refractivity contribution in [3.05, 3.63) is 69.8 Å². The Morgan fingerprint density at radius 3 is 2.81 bits per heavy atom. The quantitative estimate of drug-likeness (QED) is 0.354. The van der Waals surface area contributed by atoms with Gasteiger partial charge in [-0.1, -0.05) is 12.1 Å². The van der Waals surface area contributed by atoms with E-state index in [1.54, 1.807) is 18.2 Å². The van der Waals surface area contributed by atoms with Crippen LogP contribution in [0.4, 0.5) is 5.69 Å². The number of rotatable bonds is 5. The van der Waals surface area contributed by atoms with Crippen LogP contribution < -0.4 is 0 Å². The number of fused-ring (bicyclic) bond motifs is 1. The van der Waals surface area contributed by atoms with Crippen molar-refractivity contribution in [2.24, 2.45) is 0 Å². The second-order valence-corrected chi connectivity index (χ2v) is 6.13. The number of nitrogens with zero attached hydrogens (tertiary/aromatic N) is 2. The van der Waals surface area contributed by atoms with E-state index in [1.807, 2.05) is 0 Å². The van der Waals surface area contributed by atoms with Gasteiger partial charge in [-0.25, -0.2) is 4.79 Å². The van der Waals surface area contributed by atoms with Gasteiger partial charge in [0.2, 0.25) is 5.91 Å². The molecule has 0 saturated carbocycles. The molecule has 8 heteroatoms. The van der Waals surface area contributed by atoms with Crippen LogP contribution in [-0.4, -0.2) is 27.7 Å². The SMILES string of the molecule is O=C(OCc1ccccc1[N+](=O)[O-])C1=C(c2ccoc2)C[C@@H]2CC(=O)N12. The Morgan fingerprint density at radius 1 is 1.31 bits per heavy atom. The summed E-state index contributed by atoms with van der Waals surface area (Å²) in [6.07, 6.45) is 3.96. The van der Waals surface area contributed by atoms with E-state index in [4.69, 9.17) is 9.15 Å². The molecule has 1 aromatic heterocycles. The van der Waals surface area contributed by atoms with Crippen LogP contribution in [0.15, 0.2) is 53.0 Å². The molecule has 1 aromatic carbocycles. The van der Waals surface area contributed by atoms with Crippen molar-refractivity contribution in [2.75, 3.05) is 0 Å². The number of carbonyl (C=O) groups excluding carboxylic acids is 2. The molecule has 0 unspecified atom stereocenters. The summed E-state index contributed by atoms with van der Waals surface area (Å²) in [7, 11) is 0. The second kappa shape index (κ2) is 6.14. The summed E-state index contributed by atoms with van der Waals surface area (Å²) in [4.78, 5) is 36.6. The highest BCUT2D eigenvalue weighted by molar-refractivity contribution is 6.05. The predicted octanol–water partition coefficient (Wildman–Crippen LogP) is 2.65. The number of benzene rings is 1. The number of hydrogen-bond donors (Lipinski definition) is 0. The molecule has 2 aliphatic heterocycles. The molecular weight excluding hydrogens is 340 g/mol. The summed E-state index contributed by atoms with van der Waals surface area (Å²) < 4.78 is 10.4. The molecule has 3 heterocycles. The van der Waals surface area contributed by atoms with Gasteiger partial charge in [0, 0.05) is 18.1 Å². The zero-order valence-corrected chi connectivity index (χ0v) is 13.6. The number of furan rings is 1. The van der Waals surface area contributed by atoms with Gasteiger partial charge in [0.05, 0.1) is 29.1 Å². The van der Waals surface area contributed by atoms with Crippen LogP contribution in [0.5, 0.6) is 0 Å². The average Bonchev–Trinajstić information content (AvgIpc) is 3.25. The molecule has 0 spiro atoms. The standard InChI is InChI=1S/C18H14N2O6/c21-16-8-13-7-14(11-5-6-25-9-11)17(19(13)16)18(22)26-10-12-3-1-2-4-15(12)20(23)24/h1-6,9,13H,7-8,10H2/t13-/m1/s1. The number of carbonyl (C=O) groups is 2. The van der Waals surface area contributed by atoms with Crippen molar-refractivity contribution in [2.45, 2.75) is 25.5 Å². The van der Waals surface area contributed by atoms with Gasteiger partial charge in [-0.15, -0.1) is 0 Å². The monoisotopic (exact) mass is 354 g/mol. The Labute approximate surface area is 147 Å². The molecule has 4 rings (SSSR count). The molecule has 1 fully saturated rings. The van der Waals surface area contributed by atoms with E-state index < -0.39 is 10.9 Å². The molecule has 2 aliphatic rings. The number of ether oxygens (including phenoxy) is 1. The summed E-state index contributed by atoms with van der Waals surface area (Å²) in [6, 6.07) is 7.75. The van der Waals surface area contributed by atoms with Crippen LogP contribution in [0.25, 0.3) is 5.57 Å². The fourth-order valence-corrected chi connectivity index (χ4v) is 3.37. The van der Waals surface area contributed by atoms with Crippen molar-refractivity contribution in [3.8, 4) is 0 Å². The molecule has 0 bridgehead atoms. The third-order valence-electron chi connectivity index (χ3n) is 4.62. The van der Waals surface area contributed by atoms with Gasteiger partial charge >= 0.3 is 5.97 Å². The van der Waals surface area contributed by atoms with Crippen molar-refractivity contribution in [1.29, 1.82) is 0 Å². The zero-order chi connectivity index (χ0) is 18.3. The lowest BCUT2D eigenvalue weighted by Crippen LogP contribution is -2.49. The fourth-order valence-electron chi connectivity index (χ4n) is 3.37.